The van der Waals surface area contributed by atoms with E-state index in [1.807, 2.05) is 0 Å². The Labute approximate surface area is 113 Å². The molecule has 17 heavy (non-hydrogen) atoms. The van der Waals surface area contributed by atoms with Gasteiger partial charge in [-0.3, -0.25) is 0 Å². The number of nitrogens with zero attached hydrogens (tertiary/aromatic N) is 1. The summed E-state index contributed by atoms with van der Waals surface area (Å²) in [5.41, 5.74) is 2.92. The minimum atomic E-state index is 0.766. The average Bonchev–Trinajstić information content (AvgIpc) is 2.25. The van der Waals surface area contributed by atoms with Crippen LogP contribution in [-0.2, 0) is 0 Å². The van der Waals surface area contributed by atoms with Gasteiger partial charge in [0.1, 0.15) is 0 Å². The molecular formula is C15H28ClN. The van der Waals surface area contributed by atoms with Crippen molar-refractivity contribution >= 4 is 11.6 Å². The van der Waals surface area contributed by atoms with Gasteiger partial charge in [-0.25, -0.2) is 0 Å². The Morgan fingerprint density at radius 2 is 1.76 bits per heavy atom. The molecule has 0 spiro atoms. The fourth-order valence-corrected chi connectivity index (χ4v) is 1.78. The predicted octanol–water partition coefficient (Wildman–Crippen LogP) is 4.63. The van der Waals surface area contributed by atoms with Crippen LogP contribution in [0, 0.1) is 0 Å². The third-order valence-corrected chi connectivity index (χ3v) is 3.04. The zero-order chi connectivity index (χ0) is 13.1. The Hall–Kier alpha value is -0.270. The van der Waals surface area contributed by atoms with Crippen molar-refractivity contribution in [3.05, 3.63) is 23.3 Å². The molecule has 1 nitrogen and oxygen atoms in total. The van der Waals surface area contributed by atoms with Crippen LogP contribution in [0.4, 0.5) is 0 Å². The summed E-state index contributed by atoms with van der Waals surface area (Å²) in [5.74, 6) is 0.766. The van der Waals surface area contributed by atoms with E-state index in [4.69, 9.17) is 11.6 Å². The minimum absolute atomic E-state index is 0.766. The van der Waals surface area contributed by atoms with Crippen LogP contribution in [0.2, 0.25) is 0 Å². The maximum absolute atomic E-state index is 5.67. The van der Waals surface area contributed by atoms with E-state index < -0.39 is 0 Å². The van der Waals surface area contributed by atoms with Gasteiger partial charge in [-0.05, 0) is 60.0 Å². The smallest absolute Gasteiger partial charge is 0.0235 e. The van der Waals surface area contributed by atoms with E-state index in [9.17, 15) is 0 Å². The van der Waals surface area contributed by atoms with E-state index in [-0.39, 0.29) is 0 Å². The standard InChI is InChI=1S/C15H28ClN/c1-14(2)8-5-9-15(3)10-6-12-17(4)13-7-11-16/h8,10H,5-7,9,11-13H2,1-4H3/b15-10+. The summed E-state index contributed by atoms with van der Waals surface area (Å²) >= 11 is 5.67. The third kappa shape index (κ3) is 12.0. The highest BCUT2D eigenvalue weighted by Crippen LogP contribution is 2.07. The first-order valence-electron chi connectivity index (χ1n) is 6.59. The number of alkyl halides is 1. The van der Waals surface area contributed by atoms with E-state index in [2.05, 4.69) is 44.9 Å². The molecular weight excluding hydrogens is 230 g/mol. The van der Waals surface area contributed by atoms with Crippen LogP contribution in [0.1, 0.15) is 46.5 Å². The molecule has 0 saturated carbocycles. The lowest BCUT2D eigenvalue weighted by Gasteiger charge is -2.14. The zero-order valence-corrected chi connectivity index (χ0v) is 12.7. The van der Waals surface area contributed by atoms with Gasteiger partial charge in [0, 0.05) is 12.4 Å². The summed E-state index contributed by atoms with van der Waals surface area (Å²) in [6.07, 6.45) is 9.28. The monoisotopic (exact) mass is 257 g/mol. The molecule has 0 bridgehead atoms. The molecule has 0 aromatic heterocycles. The number of hydrogen-bond acceptors (Lipinski definition) is 1. The maximum atomic E-state index is 5.67. The lowest BCUT2D eigenvalue weighted by atomic mass is 10.1. The molecule has 0 aliphatic heterocycles. The van der Waals surface area contributed by atoms with Gasteiger partial charge in [0.2, 0.25) is 0 Å². The van der Waals surface area contributed by atoms with Crippen LogP contribution in [0.5, 0.6) is 0 Å². The lowest BCUT2D eigenvalue weighted by Crippen LogP contribution is -2.20. The first-order valence-corrected chi connectivity index (χ1v) is 7.13. The topological polar surface area (TPSA) is 3.24 Å². The van der Waals surface area contributed by atoms with Crippen LogP contribution < -0.4 is 0 Å². The molecule has 0 aliphatic carbocycles. The lowest BCUT2D eigenvalue weighted by molar-refractivity contribution is 0.342. The summed E-state index contributed by atoms with van der Waals surface area (Å²) in [5, 5.41) is 0. The van der Waals surface area contributed by atoms with Crippen molar-refractivity contribution in [1.29, 1.82) is 0 Å². The number of allylic oxidation sites excluding steroid dienone is 3. The number of rotatable bonds is 9. The summed E-state index contributed by atoms with van der Waals surface area (Å²) < 4.78 is 0. The molecule has 2 heteroatoms. The second-order valence-corrected chi connectivity index (χ2v) is 5.38. The van der Waals surface area contributed by atoms with Crippen molar-refractivity contribution in [2.45, 2.75) is 46.5 Å². The van der Waals surface area contributed by atoms with Gasteiger partial charge >= 0.3 is 0 Å². The van der Waals surface area contributed by atoms with Crippen molar-refractivity contribution < 1.29 is 0 Å². The van der Waals surface area contributed by atoms with Gasteiger partial charge in [0.25, 0.3) is 0 Å². The van der Waals surface area contributed by atoms with Gasteiger partial charge in [-0.15, -0.1) is 11.6 Å². The van der Waals surface area contributed by atoms with E-state index in [1.54, 1.807) is 0 Å². The summed E-state index contributed by atoms with van der Waals surface area (Å²) in [6, 6.07) is 0. The maximum Gasteiger partial charge on any atom is 0.0235 e. The van der Waals surface area contributed by atoms with Crippen molar-refractivity contribution in [2.24, 2.45) is 0 Å². The first kappa shape index (κ1) is 16.7. The quantitative estimate of drug-likeness (QED) is 0.430. The summed E-state index contributed by atoms with van der Waals surface area (Å²) in [6.45, 7) is 8.79. The van der Waals surface area contributed by atoms with Crippen LogP contribution in [-0.4, -0.2) is 30.9 Å². The number of halogens is 1. The Morgan fingerprint density at radius 3 is 2.35 bits per heavy atom. The molecule has 0 unspecified atom stereocenters. The van der Waals surface area contributed by atoms with Crippen LogP contribution in [0.25, 0.3) is 0 Å². The largest absolute Gasteiger partial charge is 0.306 e. The van der Waals surface area contributed by atoms with Crippen molar-refractivity contribution in [1.82, 2.24) is 4.90 Å². The Morgan fingerprint density at radius 1 is 1.06 bits per heavy atom. The first-order chi connectivity index (χ1) is 8.06. The summed E-state index contributed by atoms with van der Waals surface area (Å²) in [7, 11) is 2.17. The highest BCUT2D eigenvalue weighted by atomic mass is 35.5. The number of hydrogen-bond donors (Lipinski definition) is 0. The SMILES string of the molecule is CC(C)=CCC/C(C)=C/CCN(C)CCCCl. The van der Waals surface area contributed by atoms with Crippen LogP contribution >= 0.6 is 11.6 Å². The zero-order valence-electron chi connectivity index (χ0n) is 11.9. The molecule has 0 aromatic carbocycles. The minimum Gasteiger partial charge on any atom is -0.306 e. The molecule has 0 heterocycles. The molecule has 100 valence electrons. The van der Waals surface area contributed by atoms with Gasteiger partial charge < -0.3 is 4.90 Å². The fourth-order valence-electron chi connectivity index (χ4n) is 1.66. The highest BCUT2D eigenvalue weighted by Gasteiger charge is 1.96. The van der Waals surface area contributed by atoms with E-state index >= 15 is 0 Å². The van der Waals surface area contributed by atoms with Crippen LogP contribution in [0.15, 0.2) is 23.3 Å². The molecule has 0 radical (unpaired) electrons. The molecule has 0 amide bonds. The average molecular weight is 258 g/mol. The predicted molar refractivity (Wildman–Crippen MR) is 79.9 cm³/mol. The third-order valence-electron chi connectivity index (χ3n) is 2.77. The van der Waals surface area contributed by atoms with Crippen molar-refractivity contribution in [3.63, 3.8) is 0 Å². The molecule has 0 fully saturated rings. The van der Waals surface area contributed by atoms with Gasteiger partial charge in [0.15, 0.2) is 0 Å². The Kier molecular flexibility index (Phi) is 10.7. The van der Waals surface area contributed by atoms with Gasteiger partial charge in [-0.1, -0.05) is 23.3 Å². The van der Waals surface area contributed by atoms with Crippen molar-refractivity contribution in [3.8, 4) is 0 Å². The molecule has 0 aliphatic rings. The molecule has 0 rings (SSSR count). The van der Waals surface area contributed by atoms with E-state index in [0.29, 0.717) is 0 Å². The van der Waals surface area contributed by atoms with Gasteiger partial charge in [-0.2, -0.15) is 0 Å². The molecule has 0 N–H and O–H groups in total. The van der Waals surface area contributed by atoms with Gasteiger partial charge in [0.05, 0.1) is 0 Å². The second kappa shape index (κ2) is 10.9. The highest BCUT2D eigenvalue weighted by molar-refractivity contribution is 6.17. The van der Waals surface area contributed by atoms with Crippen molar-refractivity contribution in [2.75, 3.05) is 26.0 Å². The second-order valence-electron chi connectivity index (χ2n) is 5.01. The Balaban J connectivity index is 3.65. The van der Waals surface area contributed by atoms with E-state index in [0.717, 1.165) is 31.8 Å². The molecule has 0 aromatic rings. The van der Waals surface area contributed by atoms with E-state index in [1.165, 1.54) is 24.0 Å². The molecule has 0 saturated heterocycles. The Bertz CT molecular complexity index is 239. The summed E-state index contributed by atoms with van der Waals surface area (Å²) in [4.78, 5) is 2.35. The molecule has 0 atom stereocenters. The fraction of sp³-hybridized carbons (Fsp3) is 0.733. The van der Waals surface area contributed by atoms with Crippen LogP contribution in [0.3, 0.4) is 0 Å². The normalized spacial score (nSPS) is 12.0.